The minimum absolute atomic E-state index is 0.0123. The van der Waals surface area contributed by atoms with Crippen LogP contribution in [0.4, 0.5) is 0 Å². The van der Waals surface area contributed by atoms with Gasteiger partial charge >= 0.3 is 0 Å². The van der Waals surface area contributed by atoms with E-state index in [1.165, 1.54) is 11.8 Å². The maximum atomic E-state index is 8.88. The molecule has 4 nitrogen and oxygen atoms in total. The SMILES string of the molecule is COc1ccc(/C(N)=N/O)c(Sc2cc(Cl)ccc2Cl)c1. The second kappa shape index (κ2) is 6.93. The van der Waals surface area contributed by atoms with Crippen molar-refractivity contribution in [2.24, 2.45) is 10.9 Å². The van der Waals surface area contributed by atoms with Crippen LogP contribution >= 0.6 is 35.0 Å². The van der Waals surface area contributed by atoms with E-state index < -0.39 is 0 Å². The molecule has 0 heterocycles. The van der Waals surface area contributed by atoms with Crippen molar-refractivity contribution in [2.75, 3.05) is 7.11 Å². The zero-order chi connectivity index (χ0) is 15.4. The molecule has 0 amide bonds. The zero-order valence-corrected chi connectivity index (χ0v) is 13.3. The molecule has 0 fully saturated rings. The summed E-state index contributed by atoms with van der Waals surface area (Å²) in [4.78, 5) is 1.51. The molecule has 110 valence electrons. The van der Waals surface area contributed by atoms with Crippen LogP contribution in [0.5, 0.6) is 5.75 Å². The van der Waals surface area contributed by atoms with Crippen LogP contribution in [-0.2, 0) is 0 Å². The van der Waals surface area contributed by atoms with E-state index in [1.807, 2.05) is 0 Å². The molecular formula is C14H12Cl2N2O2S. The molecule has 0 radical (unpaired) electrons. The van der Waals surface area contributed by atoms with Gasteiger partial charge in [-0.05, 0) is 36.4 Å². The van der Waals surface area contributed by atoms with Crippen LogP contribution in [0.2, 0.25) is 10.0 Å². The lowest BCUT2D eigenvalue weighted by Crippen LogP contribution is -2.14. The zero-order valence-electron chi connectivity index (χ0n) is 11.0. The summed E-state index contributed by atoms with van der Waals surface area (Å²) in [7, 11) is 1.57. The van der Waals surface area contributed by atoms with Crippen LogP contribution in [0.1, 0.15) is 5.56 Å². The standard InChI is InChI=1S/C14H12Cl2N2O2S/c1-20-9-3-4-10(14(17)18-19)12(7-9)21-13-6-8(15)2-5-11(13)16/h2-7,19H,1H3,(H2,17,18). The number of ether oxygens (including phenoxy) is 1. The molecule has 2 aromatic carbocycles. The molecule has 0 spiro atoms. The second-order valence-electron chi connectivity index (χ2n) is 4.02. The molecule has 0 unspecified atom stereocenters. The fraction of sp³-hybridized carbons (Fsp3) is 0.0714. The van der Waals surface area contributed by atoms with E-state index in [9.17, 15) is 0 Å². The number of amidine groups is 1. The molecule has 0 aromatic heterocycles. The summed E-state index contributed by atoms with van der Waals surface area (Å²) in [6.07, 6.45) is 0. The largest absolute Gasteiger partial charge is 0.497 e. The van der Waals surface area contributed by atoms with Crippen molar-refractivity contribution in [1.82, 2.24) is 0 Å². The summed E-state index contributed by atoms with van der Waals surface area (Å²) in [6.45, 7) is 0. The number of hydrogen-bond acceptors (Lipinski definition) is 4. The monoisotopic (exact) mass is 342 g/mol. The summed E-state index contributed by atoms with van der Waals surface area (Å²) >= 11 is 13.5. The molecular weight excluding hydrogens is 331 g/mol. The number of rotatable bonds is 4. The number of benzene rings is 2. The number of nitrogens with zero attached hydrogens (tertiary/aromatic N) is 1. The molecule has 0 saturated heterocycles. The van der Waals surface area contributed by atoms with Crippen LogP contribution in [-0.4, -0.2) is 18.2 Å². The van der Waals surface area contributed by atoms with E-state index in [0.717, 1.165) is 9.79 Å². The minimum atomic E-state index is 0.0123. The molecule has 0 atom stereocenters. The second-order valence-corrected chi connectivity index (χ2v) is 5.95. The smallest absolute Gasteiger partial charge is 0.171 e. The third-order valence-electron chi connectivity index (χ3n) is 2.69. The normalized spacial score (nSPS) is 11.5. The molecule has 0 saturated carbocycles. The van der Waals surface area contributed by atoms with Crippen molar-refractivity contribution in [2.45, 2.75) is 9.79 Å². The van der Waals surface area contributed by atoms with Crippen molar-refractivity contribution in [1.29, 1.82) is 0 Å². The fourth-order valence-corrected chi connectivity index (χ4v) is 3.17. The number of halogens is 2. The Balaban J connectivity index is 2.48. The van der Waals surface area contributed by atoms with Gasteiger partial charge in [0.15, 0.2) is 5.84 Å². The first-order valence-corrected chi connectivity index (χ1v) is 7.41. The summed E-state index contributed by atoms with van der Waals surface area (Å²) in [5.74, 6) is 0.670. The maximum absolute atomic E-state index is 8.88. The van der Waals surface area contributed by atoms with E-state index in [1.54, 1.807) is 43.5 Å². The van der Waals surface area contributed by atoms with Gasteiger partial charge in [-0.25, -0.2) is 0 Å². The first-order valence-electron chi connectivity index (χ1n) is 5.84. The Bertz CT molecular complexity index is 693. The molecule has 0 bridgehead atoms. The van der Waals surface area contributed by atoms with Gasteiger partial charge in [-0.2, -0.15) is 0 Å². The quantitative estimate of drug-likeness (QED) is 0.377. The summed E-state index contributed by atoms with van der Waals surface area (Å²) in [5, 5.41) is 13.1. The fourth-order valence-electron chi connectivity index (χ4n) is 1.65. The van der Waals surface area contributed by atoms with E-state index >= 15 is 0 Å². The van der Waals surface area contributed by atoms with Crippen LogP contribution in [0.25, 0.3) is 0 Å². The van der Waals surface area contributed by atoms with Crippen molar-refractivity contribution in [3.63, 3.8) is 0 Å². The van der Waals surface area contributed by atoms with Gasteiger partial charge in [-0.15, -0.1) is 0 Å². The van der Waals surface area contributed by atoms with Gasteiger partial charge in [0.2, 0.25) is 0 Å². The van der Waals surface area contributed by atoms with Crippen molar-refractivity contribution in [3.05, 3.63) is 52.0 Å². The molecule has 0 aliphatic carbocycles. The third-order valence-corrected chi connectivity index (χ3v) is 4.48. The Hall–Kier alpha value is -1.56. The van der Waals surface area contributed by atoms with Crippen molar-refractivity contribution < 1.29 is 9.94 Å². The maximum Gasteiger partial charge on any atom is 0.171 e. The lowest BCUT2D eigenvalue weighted by atomic mass is 10.2. The summed E-state index contributed by atoms with van der Waals surface area (Å²) in [5.41, 5.74) is 6.28. The van der Waals surface area contributed by atoms with E-state index in [-0.39, 0.29) is 5.84 Å². The highest BCUT2D eigenvalue weighted by Gasteiger charge is 2.12. The highest BCUT2D eigenvalue weighted by atomic mass is 35.5. The van der Waals surface area contributed by atoms with Gasteiger partial charge in [-0.3, -0.25) is 0 Å². The van der Waals surface area contributed by atoms with Crippen molar-refractivity contribution >= 4 is 40.8 Å². The average molecular weight is 343 g/mol. The third kappa shape index (κ3) is 3.75. The number of methoxy groups -OCH3 is 1. The predicted molar refractivity (Wildman–Crippen MR) is 86.1 cm³/mol. The van der Waals surface area contributed by atoms with Gasteiger partial charge < -0.3 is 15.7 Å². The van der Waals surface area contributed by atoms with Crippen LogP contribution in [0.3, 0.4) is 0 Å². The minimum Gasteiger partial charge on any atom is -0.497 e. The topological polar surface area (TPSA) is 67.8 Å². The number of hydrogen-bond donors (Lipinski definition) is 2. The molecule has 0 aliphatic rings. The van der Waals surface area contributed by atoms with Crippen LogP contribution in [0, 0.1) is 0 Å². The first kappa shape index (κ1) is 15.8. The molecule has 0 aliphatic heterocycles. The van der Waals surface area contributed by atoms with E-state index in [2.05, 4.69) is 5.16 Å². The first-order chi connectivity index (χ1) is 10.0. The molecule has 21 heavy (non-hydrogen) atoms. The van der Waals surface area contributed by atoms with Crippen molar-refractivity contribution in [3.8, 4) is 5.75 Å². The Morgan fingerprint density at radius 1 is 1.19 bits per heavy atom. The van der Waals surface area contributed by atoms with Gasteiger partial charge in [0.05, 0.1) is 12.1 Å². The Morgan fingerprint density at radius 3 is 2.62 bits per heavy atom. The molecule has 7 heteroatoms. The average Bonchev–Trinajstić information content (AvgIpc) is 2.50. The summed E-state index contributed by atoms with van der Waals surface area (Å²) in [6, 6.07) is 10.4. The lowest BCUT2D eigenvalue weighted by Gasteiger charge is -2.11. The molecule has 2 rings (SSSR count). The Kier molecular flexibility index (Phi) is 5.22. The molecule has 2 aromatic rings. The predicted octanol–water partition coefficient (Wildman–Crippen LogP) is 4.25. The summed E-state index contributed by atoms with van der Waals surface area (Å²) < 4.78 is 5.20. The van der Waals surface area contributed by atoms with Gasteiger partial charge in [0.1, 0.15) is 5.75 Å². The van der Waals surface area contributed by atoms with E-state index in [0.29, 0.717) is 21.4 Å². The van der Waals surface area contributed by atoms with E-state index in [4.69, 9.17) is 38.9 Å². The van der Waals surface area contributed by atoms with Crippen LogP contribution < -0.4 is 10.5 Å². The lowest BCUT2D eigenvalue weighted by molar-refractivity contribution is 0.318. The van der Waals surface area contributed by atoms with Gasteiger partial charge in [0, 0.05) is 20.4 Å². The van der Waals surface area contributed by atoms with Crippen LogP contribution in [0.15, 0.2) is 51.3 Å². The number of oxime groups is 1. The Labute approximate surface area is 136 Å². The van der Waals surface area contributed by atoms with Gasteiger partial charge in [0.25, 0.3) is 0 Å². The Morgan fingerprint density at radius 2 is 1.95 bits per heavy atom. The molecule has 3 N–H and O–H groups in total. The van der Waals surface area contributed by atoms with Gasteiger partial charge in [-0.1, -0.05) is 40.1 Å². The highest BCUT2D eigenvalue weighted by Crippen LogP contribution is 2.38. The highest BCUT2D eigenvalue weighted by molar-refractivity contribution is 7.99. The number of nitrogens with two attached hydrogens (primary N) is 1.